The molecule has 4 heterocycles. The van der Waals surface area contributed by atoms with Gasteiger partial charge in [0.2, 0.25) is 5.91 Å². The maximum Gasteiger partial charge on any atom is 0.233 e. The van der Waals surface area contributed by atoms with E-state index in [1.807, 2.05) is 0 Å². The monoisotopic (exact) mass is 432 g/mol. The van der Waals surface area contributed by atoms with Gasteiger partial charge in [0, 0.05) is 43.1 Å². The zero-order valence-electron chi connectivity index (χ0n) is 18.5. The predicted octanol–water partition coefficient (Wildman–Crippen LogP) is 3.59. The first kappa shape index (κ1) is 21.9. The second-order valence-corrected chi connectivity index (χ2v) is 9.83. The van der Waals surface area contributed by atoms with E-state index in [0.29, 0.717) is 11.9 Å². The van der Waals surface area contributed by atoms with Crippen molar-refractivity contribution < 1.29 is 4.79 Å². The number of carbonyl (C=O) groups is 1. The summed E-state index contributed by atoms with van der Waals surface area (Å²) in [5.74, 6) is 0.360. The van der Waals surface area contributed by atoms with Crippen LogP contribution in [0.1, 0.15) is 51.0 Å². The average Bonchev–Trinajstić information content (AvgIpc) is 3.44. The number of halogens is 1. The second-order valence-electron chi connectivity index (χ2n) is 9.83. The van der Waals surface area contributed by atoms with Gasteiger partial charge in [-0.25, -0.2) is 0 Å². The van der Waals surface area contributed by atoms with Gasteiger partial charge in [0.15, 0.2) is 0 Å². The Morgan fingerprint density at radius 1 is 1.07 bits per heavy atom. The molecule has 5 nitrogen and oxygen atoms in total. The Kier molecular flexibility index (Phi) is 6.34. The van der Waals surface area contributed by atoms with Crippen molar-refractivity contribution in [3.8, 4) is 0 Å². The molecule has 30 heavy (non-hydrogen) atoms. The quantitative estimate of drug-likeness (QED) is 0.792. The van der Waals surface area contributed by atoms with Crippen molar-refractivity contribution in [3.63, 3.8) is 0 Å². The maximum atomic E-state index is 13.3. The molecule has 0 aromatic heterocycles. The van der Waals surface area contributed by atoms with Crippen molar-refractivity contribution in [1.29, 1.82) is 0 Å². The van der Waals surface area contributed by atoms with E-state index in [4.69, 9.17) is 0 Å². The minimum absolute atomic E-state index is 0. The number of piperidine rings is 1. The van der Waals surface area contributed by atoms with Gasteiger partial charge in [-0.3, -0.25) is 9.69 Å². The van der Waals surface area contributed by atoms with E-state index >= 15 is 0 Å². The SMILES string of the molecule is Cc1cc(N2CC[C@@H](N3CCC[C@H]3C)C2)ccc1N1CCC2(CCNCC2)C1=O.Cl. The molecule has 1 N–H and O–H groups in total. The molecule has 5 rings (SSSR count). The Hall–Kier alpha value is -1.30. The summed E-state index contributed by atoms with van der Waals surface area (Å²) >= 11 is 0. The van der Waals surface area contributed by atoms with Gasteiger partial charge in [-0.1, -0.05) is 0 Å². The summed E-state index contributed by atoms with van der Waals surface area (Å²) in [5, 5.41) is 3.41. The fraction of sp³-hybridized carbons (Fsp3) is 0.708. The van der Waals surface area contributed by atoms with Crippen LogP contribution in [0.2, 0.25) is 0 Å². The third-order valence-corrected chi connectivity index (χ3v) is 8.15. The van der Waals surface area contributed by atoms with Gasteiger partial charge >= 0.3 is 0 Å². The molecule has 0 unspecified atom stereocenters. The first-order chi connectivity index (χ1) is 14.1. The third-order valence-electron chi connectivity index (χ3n) is 8.15. The molecular formula is C24H37ClN4O. The Bertz CT molecular complexity index is 778. The van der Waals surface area contributed by atoms with Gasteiger partial charge in [0.05, 0.1) is 5.41 Å². The van der Waals surface area contributed by atoms with Crippen molar-refractivity contribution in [2.24, 2.45) is 5.41 Å². The number of rotatable bonds is 3. The van der Waals surface area contributed by atoms with Gasteiger partial charge in [-0.2, -0.15) is 0 Å². The molecule has 1 spiro atoms. The lowest BCUT2D eigenvalue weighted by atomic mass is 9.77. The van der Waals surface area contributed by atoms with Crippen LogP contribution >= 0.6 is 12.4 Å². The van der Waals surface area contributed by atoms with Crippen molar-refractivity contribution >= 4 is 29.7 Å². The van der Waals surface area contributed by atoms with E-state index in [-0.39, 0.29) is 17.8 Å². The van der Waals surface area contributed by atoms with Crippen molar-refractivity contribution in [2.75, 3.05) is 49.1 Å². The van der Waals surface area contributed by atoms with E-state index in [1.54, 1.807) is 0 Å². The molecule has 1 aromatic carbocycles. The van der Waals surface area contributed by atoms with Crippen LogP contribution in [0.5, 0.6) is 0 Å². The van der Waals surface area contributed by atoms with E-state index < -0.39 is 0 Å². The van der Waals surface area contributed by atoms with E-state index in [1.165, 1.54) is 37.1 Å². The molecule has 0 radical (unpaired) electrons. The van der Waals surface area contributed by atoms with Crippen LogP contribution in [0.15, 0.2) is 18.2 Å². The largest absolute Gasteiger partial charge is 0.370 e. The maximum absolute atomic E-state index is 13.3. The molecule has 1 aromatic rings. The van der Waals surface area contributed by atoms with Crippen LogP contribution in [0.4, 0.5) is 11.4 Å². The lowest BCUT2D eigenvalue weighted by Gasteiger charge is -2.32. The molecule has 166 valence electrons. The average molecular weight is 433 g/mol. The number of likely N-dealkylation sites (tertiary alicyclic amines) is 1. The lowest BCUT2D eigenvalue weighted by Crippen LogP contribution is -2.42. The number of nitrogens with zero attached hydrogens (tertiary/aromatic N) is 3. The van der Waals surface area contributed by atoms with Gasteiger partial charge in [0.1, 0.15) is 0 Å². The Labute approximate surface area is 187 Å². The van der Waals surface area contributed by atoms with Crippen LogP contribution in [-0.2, 0) is 4.79 Å². The first-order valence-electron chi connectivity index (χ1n) is 11.7. The molecular weight excluding hydrogens is 396 g/mol. The molecule has 0 bridgehead atoms. The highest BCUT2D eigenvalue weighted by Crippen LogP contribution is 2.43. The fourth-order valence-corrected chi connectivity index (χ4v) is 6.30. The summed E-state index contributed by atoms with van der Waals surface area (Å²) in [5.41, 5.74) is 3.58. The smallest absolute Gasteiger partial charge is 0.233 e. The number of aryl methyl sites for hydroxylation is 1. The summed E-state index contributed by atoms with van der Waals surface area (Å²) in [6.45, 7) is 10.9. The Morgan fingerprint density at radius 3 is 2.57 bits per heavy atom. The minimum Gasteiger partial charge on any atom is -0.370 e. The Balaban J connectivity index is 0.00000218. The summed E-state index contributed by atoms with van der Waals surface area (Å²) < 4.78 is 0. The van der Waals surface area contributed by atoms with Crippen LogP contribution < -0.4 is 15.1 Å². The standard InChI is InChI=1S/C24H36N4O.ClH/c1-18-16-20(26-14-7-21(17-26)27-13-3-4-19(27)2)5-6-22(18)28-15-10-24(23(28)29)8-11-25-12-9-24;/h5-6,16,19,21,25H,3-4,7-15,17H2,1-2H3;1H/t19-,21-;/m1./s1. The molecule has 2 atom stereocenters. The molecule has 4 aliphatic rings. The lowest BCUT2D eigenvalue weighted by molar-refractivity contribution is -0.126. The number of carbonyl (C=O) groups excluding carboxylic acids is 1. The number of benzene rings is 1. The van der Waals surface area contributed by atoms with Crippen LogP contribution in [0.25, 0.3) is 0 Å². The summed E-state index contributed by atoms with van der Waals surface area (Å²) in [4.78, 5) is 20.6. The van der Waals surface area contributed by atoms with Crippen molar-refractivity contribution in [2.45, 2.75) is 64.5 Å². The fourth-order valence-electron chi connectivity index (χ4n) is 6.30. The van der Waals surface area contributed by atoms with Crippen LogP contribution in [0.3, 0.4) is 0 Å². The zero-order chi connectivity index (χ0) is 20.0. The van der Waals surface area contributed by atoms with Crippen LogP contribution in [-0.4, -0.2) is 62.2 Å². The number of amides is 1. The highest BCUT2D eigenvalue weighted by Gasteiger charge is 2.47. The third kappa shape index (κ3) is 3.74. The zero-order valence-corrected chi connectivity index (χ0v) is 19.3. The molecule has 4 aliphatic heterocycles. The summed E-state index contributed by atoms with van der Waals surface area (Å²) in [6, 6.07) is 8.21. The predicted molar refractivity (Wildman–Crippen MR) is 126 cm³/mol. The molecule has 0 aliphatic carbocycles. The van der Waals surface area contributed by atoms with Gasteiger partial charge in [-0.05, 0) is 95.8 Å². The first-order valence-corrected chi connectivity index (χ1v) is 11.7. The molecule has 4 fully saturated rings. The van der Waals surface area contributed by atoms with E-state index in [0.717, 1.165) is 63.7 Å². The minimum atomic E-state index is -0.106. The van der Waals surface area contributed by atoms with Crippen LogP contribution in [0, 0.1) is 12.3 Å². The molecule has 0 saturated carbocycles. The highest BCUT2D eigenvalue weighted by molar-refractivity contribution is 6.00. The molecule has 6 heteroatoms. The molecule has 4 saturated heterocycles. The number of anilines is 2. The number of hydrogen-bond donors (Lipinski definition) is 1. The summed E-state index contributed by atoms with van der Waals surface area (Å²) in [6.07, 6.45) is 6.97. The topological polar surface area (TPSA) is 38.8 Å². The van der Waals surface area contributed by atoms with Crippen molar-refractivity contribution in [3.05, 3.63) is 23.8 Å². The summed E-state index contributed by atoms with van der Waals surface area (Å²) in [7, 11) is 0. The normalized spacial score (nSPS) is 29.1. The Morgan fingerprint density at radius 2 is 1.87 bits per heavy atom. The van der Waals surface area contributed by atoms with Gasteiger partial charge in [-0.15, -0.1) is 12.4 Å². The van der Waals surface area contributed by atoms with Crippen molar-refractivity contribution in [1.82, 2.24) is 10.2 Å². The van der Waals surface area contributed by atoms with Gasteiger partial charge in [0.25, 0.3) is 0 Å². The number of nitrogens with one attached hydrogen (secondary N) is 1. The number of hydrogen-bond acceptors (Lipinski definition) is 4. The van der Waals surface area contributed by atoms with E-state index in [2.05, 4.69) is 52.1 Å². The van der Waals surface area contributed by atoms with E-state index in [9.17, 15) is 4.79 Å². The highest BCUT2D eigenvalue weighted by atomic mass is 35.5. The second kappa shape index (κ2) is 8.68. The van der Waals surface area contributed by atoms with Gasteiger partial charge < -0.3 is 15.1 Å². The molecule has 1 amide bonds.